The van der Waals surface area contributed by atoms with Gasteiger partial charge in [0.15, 0.2) is 0 Å². The lowest BCUT2D eigenvalue weighted by molar-refractivity contribution is -0.139. The molecule has 0 fully saturated rings. The Labute approximate surface area is 120 Å². The van der Waals surface area contributed by atoms with Gasteiger partial charge in [-0.3, -0.25) is 4.79 Å². The minimum absolute atomic E-state index is 0.220. The van der Waals surface area contributed by atoms with Crippen molar-refractivity contribution in [1.82, 2.24) is 5.32 Å². The number of hydrogen-bond acceptors (Lipinski definition) is 3. The maximum absolute atomic E-state index is 11.8. The van der Waals surface area contributed by atoms with Crippen molar-refractivity contribution in [2.75, 3.05) is 5.75 Å². The molecule has 7 heteroatoms. The third-order valence-corrected chi connectivity index (χ3v) is 2.84. The lowest BCUT2D eigenvalue weighted by Gasteiger charge is -2.13. The molecule has 18 heavy (non-hydrogen) atoms. The number of carboxylic acid groups (broad SMARTS) is 1. The van der Waals surface area contributed by atoms with Crippen LogP contribution in [-0.2, 0) is 4.79 Å². The highest BCUT2D eigenvalue weighted by molar-refractivity contribution is 7.80. The van der Waals surface area contributed by atoms with Gasteiger partial charge in [-0.25, -0.2) is 4.79 Å². The molecule has 0 radical (unpaired) electrons. The number of rotatable bonds is 5. The van der Waals surface area contributed by atoms with Crippen LogP contribution in [0.25, 0.3) is 0 Å². The molecule has 1 rings (SSSR count). The number of carboxylic acids is 1. The Morgan fingerprint density at radius 3 is 2.28 bits per heavy atom. The third kappa shape index (κ3) is 4.40. The van der Waals surface area contributed by atoms with Gasteiger partial charge in [-0.05, 0) is 30.4 Å². The minimum atomic E-state index is -1.11. The Hall–Kier alpha value is -0.910. The summed E-state index contributed by atoms with van der Waals surface area (Å²) in [6, 6.07) is 3.35. The van der Waals surface area contributed by atoms with Gasteiger partial charge in [0.1, 0.15) is 6.04 Å². The van der Waals surface area contributed by atoms with E-state index in [0.29, 0.717) is 15.8 Å². The van der Waals surface area contributed by atoms with Crippen LogP contribution >= 0.6 is 35.8 Å². The van der Waals surface area contributed by atoms with E-state index in [9.17, 15) is 9.59 Å². The van der Waals surface area contributed by atoms with E-state index >= 15 is 0 Å². The minimum Gasteiger partial charge on any atom is -0.480 e. The summed E-state index contributed by atoms with van der Waals surface area (Å²) in [6.07, 6.45) is 0.235. The van der Waals surface area contributed by atoms with E-state index in [1.807, 2.05) is 0 Å². The van der Waals surface area contributed by atoms with Gasteiger partial charge < -0.3 is 10.4 Å². The first-order valence-corrected chi connectivity index (χ1v) is 6.43. The van der Waals surface area contributed by atoms with Crippen LogP contribution in [0.1, 0.15) is 16.8 Å². The molecule has 1 atom stereocenters. The highest BCUT2D eigenvalue weighted by atomic mass is 35.5. The average Bonchev–Trinajstić information content (AvgIpc) is 2.26. The summed E-state index contributed by atoms with van der Waals surface area (Å²) in [5.74, 6) is -1.29. The molecule has 2 N–H and O–H groups in total. The molecule has 0 aromatic heterocycles. The van der Waals surface area contributed by atoms with Crippen LogP contribution in [0.3, 0.4) is 0 Å². The number of hydrogen-bond donors (Lipinski definition) is 3. The largest absolute Gasteiger partial charge is 0.480 e. The first kappa shape index (κ1) is 15.1. The standard InChI is InChI=1S/C11H11Cl2NO3S/c12-7-3-6(4-8(13)5-7)10(15)14-9(1-2-18)11(16)17/h3-5,9,18H,1-2H2,(H,14,15)(H,16,17). The molecule has 0 heterocycles. The maximum Gasteiger partial charge on any atom is 0.326 e. The van der Waals surface area contributed by atoms with Crippen LogP contribution in [0, 0.1) is 0 Å². The van der Waals surface area contributed by atoms with Crippen molar-refractivity contribution in [2.45, 2.75) is 12.5 Å². The van der Waals surface area contributed by atoms with Crippen molar-refractivity contribution in [3.63, 3.8) is 0 Å². The molecule has 1 aromatic carbocycles. The number of nitrogens with one attached hydrogen (secondary N) is 1. The van der Waals surface area contributed by atoms with Crippen LogP contribution in [0.5, 0.6) is 0 Å². The second kappa shape index (κ2) is 6.87. The number of amides is 1. The highest BCUT2D eigenvalue weighted by Crippen LogP contribution is 2.19. The van der Waals surface area contributed by atoms with Gasteiger partial charge in [0.05, 0.1) is 0 Å². The molecule has 1 amide bonds. The summed E-state index contributed by atoms with van der Waals surface area (Å²) in [6.45, 7) is 0. The summed E-state index contributed by atoms with van der Waals surface area (Å²) in [5.41, 5.74) is 0.220. The van der Waals surface area contributed by atoms with E-state index in [0.717, 1.165) is 0 Å². The predicted molar refractivity (Wildman–Crippen MR) is 73.8 cm³/mol. The van der Waals surface area contributed by atoms with E-state index in [4.69, 9.17) is 28.3 Å². The fourth-order valence-electron chi connectivity index (χ4n) is 1.31. The van der Waals surface area contributed by atoms with Crippen LogP contribution in [-0.4, -0.2) is 28.8 Å². The topological polar surface area (TPSA) is 66.4 Å². The summed E-state index contributed by atoms with van der Waals surface area (Å²) in [4.78, 5) is 22.7. The van der Waals surface area contributed by atoms with Crippen LogP contribution in [0.15, 0.2) is 18.2 Å². The maximum atomic E-state index is 11.8. The molecule has 0 saturated carbocycles. The lowest BCUT2D eigenvalue weighted by atomic mass is 10.1. The molecule has 98 valence electrons. The van der Waals surface area contributed by atoms with E-state index < -0.39 is 17.9 Å². The highest BCUT2D eigenvalue weighted by Gasteiger charge is 2.20. The number of carbonyl (C=O) groups excluding carboxylic acids is 1. The van der Waals surface area contributed by atoms with Gasteiger partial charge >= 0.3 is 5.97 Å². The molecule has 1 unspecified atom stereocenters. The Morgan fingerprint density at radius 2 is 1.83 bits per heavy atom. The van der Waals surface area contributed by atoms with Crippen molar-refractivity contribution in [1.29, 1.82) is 0 Å². The molecule has 4 nitrogen and oxygen atoms in total. The Balaban J connectivity index is 2.83. The zero-order valence-corrected chi connectivity index (χ0v) is 11.6. The van der Waals surface area contributed by atoms with Gasteiger partial charge in [0.2, 0.25) is 0 Å². The van der Waals surface area contributed by atoms with E-state index in [1.54, 1.807) is 0 Å². The summed E-state index contributed by atoms with van der Waals surface area (Å²) < 4.78 is 0. The van der Waals surface area contributed by atoms with Gasteiger partial charge in [0, 0.05) is 15.6 Å². The van der Waals surface area contributed by atoms with Crippen molar-refractivity contribution >= 4 is 47.7 Å². The number of benzene rings is 1. The molecule has 0 aliphatic heterocycles. The van der Waals surface area contributed by atoms with E-state index in [-0.39, 0.29) is 12.0 Å². The summed E-state index contributed by atoms with van der Waals surface area (Å²) >= 11 is 15.5. The van der Waals surface area contributed by atoms with E-state index in [1.165, 1.54) is 18.2 Å². The average molecular weight is 308 g/mol. The first-order chi connectivity index (χ1) is 8.43. The summed E-state index contributed by atoms with van der Waals surface area (Å²) in [7, 11) is 0. The molecule has 0 saturated heterocycles. The van der Waals surface area contributed by atoms with Crippen LogP contribution < -0.4 is 5.32 Å². The molecule has 0 aliphatic carbocycles. The zero-order chi connectivity index (χ0) is 13.7. The number of aliphatic carboxylic acids is 1. The van der Waals surface area contributed by atoms with Crippen LogP contribution in [0.4, 0.5) is 0 Å². The zero-order valence-electron chi connectivity index (χ0n) is 9.19. The summed E-state index contributed by atoms with van der Waals surface area (Å²) in [5, 5.41) is 11.9. The van der Waals surface area contributed by atoms with Crippen molar-refractivity contribution < 1.29 is 14.7 Å². The number of carbonyl (C=O) groups is 2. The fraction of sp³-hybridized carbons (Fsp3) is 0.273. The number of halogens is 2. The fourth-order valence-corrected chi connectivity index (χ4v) is 2.10. The van der Waals surface area contributed by atoms with Crippen molar-refractivity contribution in [3.05, 3.63) is 33.8 Å². The monoisotopic (exact) mass is 307 g/mol. The quantitative estimate of drug-likeness (QED) is 0.732. The third-order valence-electron chi connectivity index (χ3n) is 2.15. The van der Waals surface area contributed by atoms with Gasteiger partial charge in [-0.1, -0.05) is 23.2 Å². The molecule has 1 aromatic rings. The second-order valence-electron chi connectivity index (χ2n) is 3.53. The predicted octanol–water partition coefficient (Wildman–Crippen LogP) is 2.50. The smallest absolute Gasteiger partial charge is 0.326 e. The second-order valence-corrected chi connectivity index (χ2v) is 4.85. The van der Waals surface area contributed by atoms with Crippen LogP contribution in [0.2, 0.25) is 10.0 Å². The molecule has 0 aliphatic rings. The molecular weight excluding hydrogens is 297 g/mol. The van der Waals surface area contributed by atoms with E-state index in [2.05, 4.69) is 17.9 Å². The SMILES string of the molecule is O=C(NC(CCS)C(=O)O)c1cc(Cl)cc(Cl)c1. The Bertz CT molecular complexity index is 447. The Kier molecular flexibility index (Phi) is 5.78. The lowest BCUT2D eigenvalue weighted by Crippen LogP contribution is -2.41. The van der Waals surface area contributed by atoms with Crippen molar-refractivity contribution in [2.24, 2.45) is 0 Å². The first-order valence-electron chi connectivity index (χ1n) is 5.04. The van der Waals surface area contributed by atoms with Gasteiger partial charge in [-0.15, -0.1) is 0 Å². The molecule has 0 spiro atoms. The Morgan fingerprint density at radius 1 is 1.28 bits per heavy atom. The number of thiol groups is 1. The molecular formula is C11H11Cl2NO3S. The van der Waals surface area contributed by atoms with Gasteiger partial charge in [0.25, 0.3) is 5.91 Å². The normalized spacial score (nSPS) is 11.9. The molecule has 0 bridgehead atoms. The van der Waals surface area contributed by atoms with Crippen molar-refractivity contribution in [3.8, 4) is 0 Å². The van der Waals surface area contributed by atoms with Gasteiger partial charge in [-0.2, -0.15) is 12.6 Å².